The highest BCUT2D eigenvalue weighted by Gasteiger charge is 2.35. The molecule has 1 aliphatic heterocycles. The Balaban J connectivity index is 1.51. The number of carbonyl (C=O) groups is 2. The predicted octanol–water partition coefficient (Wildman–Crippen LogP) is 5.89. The minimum Gasteiger partial charge on any atom is -0.497 e. The molecule has 0 fully saturated rings. The second-order valence-corrected chi connectivity index (χ2v) is 8.67. The topological polar surface area (TPSA) is 58.6 Å². The molecule has 0 radical (unpaired) electrons. The van der Waals surface area contributed by atoms with Gasteiger partial charge in [-0.3, -0.25) is 9.59 Å². The summed E-state index contributed by atoms with van der Waals surface area (Å²) < 4.78 is 58.5. The fraction of sp³-hybridized carbons (Fsp3) is 0.231. The SMILES string of the molecule is COc1ccc(C(=O)N2CCc3c(ccc(Cl)c3NC(=O)Cc3cccc(C(F)(F)F)c3F)C2)cc1. The molecule has 3 aromatic carbocycles. The Morgan fingerprint density at radius 2 is 1.81 bits per heavy atom. The number of nitrogens with one attached hydrogen (secondary N) is 1. The van der Waals surface area contributed by atoms with E-state index in [1.165, 1.54) is 7.11 Å². The minimum atomic E-state index is -4.87. The van der Waals surface area contributed by atoms with Crippen molar-refractivity contribution in [2.75, 3.05) is 19.0 Å². The number of hydrogen-bond acceptors (Lipinski definition) is 3. The molecule has 10 heteroatoms. The summed E-state index contributed by atoms with van der Waals surface area (Å²) in [5.74, 6) is -1.71. The number of alkyl halides is 3. The van der Waals surface area contributed by atoms with Crippen molar-refractivity contribution >= 4 is 29.1 Å². The lowest BCUT2D eigenvalue weighted by atomic mass is 9.96. The molecular formula is C26H21ClF4N2O3. The van der Waals surface area contributed by atoms with Gasteiger partial charge >= 0.3 is 6.18 Å². The van der Waals surface area contributed by atoms with Crippen LogP contribution in [0.25, 0.3) is 0 Å². The molecule has 0 saturated heterocycles. The number of nitrogens with zero attached hydrogens (tertiary/aromatic N) is 1. The van der Waals surface area contributed by atoms with Gasteiger partial charge in [0.15, 0.2) is 0 Å². The van der Waals surface area contributed by atoms with E-state index in [2.05, 4.69) is 5.32 Å². The number of methoxy groups -OCH3 is 1. The third kappa shape index (κ3) is 5.31. The molecule has 1 N–H and O–H groups in total. The molecular weight excluding hydrogens is 500 g/mol. The fourth-order valence-corrected chi connectivity index (χ4v) is 4.37. The van der Waals surface area contributed by atoms with Crippen LogP contribution in [0.2, 0.25) is 5.02 Å². The molecule has 36 heavy (non-hydrogen) atoms. The summed E-state index contributed by atoms with van der Waals surface area (Å²) >= 11 is 6.32. The lowest BCUT2D eigenvalue weighted by molar-refractivity contribution is -0.140. The summed E-state index contributed by atoms with van der Waals surface area (Å²) in [5, 5.41) is 2.86. The molecule has 4 rings (SSSR count). The number of ether oxygens (including phenoxy) is 1. The Hall–Kier alpha value is -3.59. The summed E-state index contributed by atoms with van der Waals surface area (Å²) in [6, 6.07) is 12.9. The number of anilines is 1. The van der Waals surface area contributed by atoms with Crippen molar-refractivity contribution in [3.63, 3.8) is 0 Å². The van der Waals surface area contributed by atoms with Crippen molar-refractivity contribution in [1.29, 1.82) is 0 Å². The van der Waals surface area contributed by atoms with Crippen LogP contribution in [0.5, 0.6) is 5.75 Å². The number of benzene rings is 3. The molecule has 0 unspecified atom stereocenters. The average Bonchev–Trinajstić information content (AvgIpc) is 2.85. The summed E-state index contributed by atoms with van der Waals surface area (Å²) in [5.41, 5.74) is 0.504. The lowest BCUT2D eigenvalue weighted by Crippen LogP contribution is -2.36. The van der Waals surface area contributed by atoms with Crippen molar-refractivity contribution in [3.8, 4) is 5.75 Å². The molecule has 5 nitrogen and oxygen atoms in total. The Morgan fingerprint density at radius 1 is 1.08 bits per heavy atom. The van der Waals surface area contributed by atoms with Crippen molar-refractivity contribution in [3.05, 3.63) is 93.3 Å². The van der Waals surface area contributed by atoms with Gasteiger partial charge in [-0.1, -0.05) is 29.8 Å². The highest BCUT2D eigenvalue weighted by atomic mass is 35.5. The molecule has 0 atom stereocenters. The molecule has 0 spiro atoms. The van der Waals surface area contributed by atoms with Gasteiger partial charge in [0.1, 0.15) is 11.6 Å². The van der Waals surface area contributed by atoms with E-state index in [1.54, 1.807) is 41.3 Å². The molecule has 2 amide bonds. The van der Waals surface area contributed by atoms with Crippen LogP contribution in [0.15, 0.2) is 54.6 Å². The Bertz CT molecular complexity index is 1310. The second-order valence-electron chi connectivity index (χ2n) is 8.27. The first-order valence-electron chi connectivity index (χ1n) is 11.0. The van der Waals surface area contributed by atoms with Gasteiger partial charge in [-0.25, -0.2) is 4.39 Å². The average molecular weight is 521 g/mol. The highest BCUT2D eigenvalue weighted by molar-refractivity contribution is 6.34. The van der Waals surface area contributed by atoms with Crippen LogP contribution >= 0.6 is 11.6 Å². The largest absolute Gasteiger partial charge is 0.497 e. The number of rotatable bonds is 5. The Kier molecular flexibility index (Phi) is 7.21. The first-order valence-corrected chi connectivity index (χ1v) is 11.3. The maximum Gasteiger partial charge on any atom is 0.419 e. The van der Waals surface area contributed by atoms with Gasteiger partial charge in [-0.05, 0) is 59.5 Å². The molecule has 0 aliphatic carbocycles. The number of halogens is 5. The number of hydrogen-bond donors (Lipinski definition) is 1. The number of fused-ring (bicyclic) bond motifs is 1. The van der Waals surface area contributed by atoms with Gasteiger partial charge in [-0.15, -0.1) is 0 Å². The van der Waals surface area contributed by atoms with E-state index in [9.17, 15) is 27.2 Å². The molecule has 1 aliphatic rings. The van der Waals surface area contributed by atoms with Gasteiger partial charge in [0, 0.05) is 18.7 Å². The first-order chi connectivity index (χ1) is 17.1. The normalized spacial score (nSPS) is 13.2. The molecule has 3 aromatic rings. The summed E-state index contributed by atoms with van der Waals surface area (Å²) in [6.45, 7) is 0.645. The van der Waals surface area contributed by atoms with Crippen LogP contribution in [-0.4, -0.2) is 30.4 Å². The van der Waals surface area contributed by atoms with E-state index >= 15 is 0 Å². The van der Waals surface area contributed by atoms with Crippen LogP contribution in [0.1, 0.15) is 32.6 Å². The van der Waals surface area contributed by atoms with E-state index in [4.69, 9.17) is 16.3 Å². The van der Waals surface area contributed by atoms with Crippen molar-refractivity contribution in [2.45, 2.75) is 25.6 Å². The van der Waals surface area contributed by atoms with E-state index in [0.29, 0.717) is 36.0 Å². The van der Waals surface area contributed by atoms with Crippen molar-refractivity contribution in [1.82, 2.24) is 4.90 Å². The maximum atomic E-state index is 14.4. The molecule has 188 valence electrons. The smallest absolute Gasteiger partial charge is 0.419 e. The van der Waals surface area contributed by atoms with E-state index in [1.807, 2.05) is 0 Å². The van der Waals surface area contributed by atoms with Gasteiger partial charge in [0.25, 0.3) is 5.91 Å². The van der Waals surface area contributed by atoms with E-state index in [0.717, 1.165) is 23.3 Å². The Labute approximate surface area is 209 Å². The maximum absolute atomic E-state index is 14.4. The second kappa shape index (κ2) is 10.2. The standard InChI is InChI=1S/C26H21ClF4N2O3/c1-36-18-8-5-15(6-9-18)25(35)33-12-11-19-17(14-33)7-10-21(27)24(19)32-22(34)13-16-3-2-4-20(23(16)28)26(29,30)31/h2-10H,11-14H2,1H3,(H,32,34). The highest BCUT2D eigenvalue weighted by Crippen LogP contribution is 2.35. The van der Waals surface area contributed by atoms with Gasteiger partial charge in [0.05, 0.1) is 29.8 Å². The monoisotopic (exact) mass is 520 g/mol. The van der Waals surface area contributed by atoms with Crippen molar-refractivity contribution < 1.29 is 31.9 Å². The number of carbonyl (C=O) groups excluding carboxylic acids is 2. The van der Waals surface area contributed by atoms with Crippen LogP contribution in [0.4, 0.5) is 23.2 Å². The van der Waals surface area contributed by atoms with Crippen LogP contribution in [0, 0.1) is 5.82 Å². The summed E-state index contributed by atoms with van der Waals surface area (Å²) in [4.78, 5) is 27.3. The molecule has 0 saturated carbocycles. The van der Waals surface area contributed by atoms with Gasteiger partial charge in [-0.2, -0.15) is 13.2 Å². The zero-order chi connectivity index (χ0) is 26.0. The zero-order valence-electron chi connectivity index (χ0n) is 19.1. The number of amides is 2. The first kappa shape index (κ1) is 25.5. The summed E-state index contributed by atoms with van der Waals surface area (Å²) in [6.07, 6.45) is -5.07. The zero-order valence-corrected chi connectivity index (χ0v) is 19.8. The van der Waals surface area contributed by atoms with E-state index < -0.39 is 29.9 Å². The van der Waals surface area contributed by atoms with Crippen molar-refractivity contribution in [2.24, 2.45) is 0 Å². The molecule has 0 bridgehead atoms. The van der Waals surface area contributed by atoms with Crippen LogP contribution < -0.4 is 10.1 Å². The van der Waals surface area contributed by atoms with Crippen LogP contribution in [0.3, 0.4) is 0 Å². The predicted molar refractivity (Wildman–Crippen MR) is 127 cm³/mol. The molecule has 1 heterocycles. The third-order valence-corrected chi connectivity index (χ3v) is 6.29. The van der Waals surface area contributed by atoms with E-state index in [-0.39, 0.29) is 23.0 Å². The quantitative estimate of drug-likeness (QED) is 0.427. The third-order valence-electron chi connectivity index (χ3n) is 5.98. The van der Waals surface area contributed by atoms with Gasteiger partial charge < -0.3 is 15.0 Å². The van der Waals surface area contributed by atoms with Crippen LogP contribution in [-0.2, 0) is 30.4 Å². The summed E-state index contributed by atoms with van der Waals surface area (Å²) in [7, 11) is 1.54. The minimum absolute atomic E-state index is 0.163. The fourth-order valence-electron chi connectivity index (χ4n) is 4.14. The Morgan fingerprint density at radius 3 is 2.47 bits per heavy atom. The molecule has 0 aromatic heterocycles. The van der Waals surface area contributed by atoms with Gasteiger partial charge in [0.2, 0.25) is 5.91 Å². The lowest BCUT2D eigenvalue weighted by Gasteiger charge is -2.30.